The van der Waals surface area contributed by atoms with Gasteiger partial charge in [-0.1, -0.05) is 19.3 Å². The monoisotopic (exact) mass is 447 g/mol. The molecule has 2 fully saturated rings. The van der Waals surface area contributed by atoms with Crippen molar-refractivity contribution in [2.75, 3.05) is 25.5 Å². The molecule has 31 heavy (non-hydrogen) atoms. The number of sulfonamides is 1. The van der Waals surface area contributed by atoms with Crippen LogP contribution in [0.3, 0.4) is 0 Å². The number of aromatic nitrogens is 4. The number of nitrogens with zero attached hydrogens (tertiary/aromatic N) is 5. The van der Waals surface area contributed by atoms with Gasteiger partial charge in [0.15, 0.2) is 0 Å². The molecule has 1 aromatic heterocycles. The second kappa shape index (κ2) is 8.91. The minimum Gasteiger partial charge on any atom is -0.382 e. The van der Waals surface area contributed by atoms with E-state index in [1.54, 1.807) is 34.8 Å². The molecule has 11 heteroatoms. The summed E-state index contributed by atoms with van der Waals surface area (Å²) in [7, 11) is -2.22. The van der Waals surface area contributed by atoms with E-state index in [4.69, 9.17) is 0 Å². The minimum atomic E-state index is -3.61. The van der Waals surface area contributed by atoms with Gasteiger partial charge in [0, 0.05) is 37.3 Å². The van der Waals surface area contributed by atoms with Crippen LogP contribution in [-0.4, -0.2) is 65.6 Å². The number of rotatable bonds is 6. The van der Waals surface area contributed by atoms with Gasteiger partial charge in [0.2, 0.25) is 21.8 Å². The number of hydrogen-bond donors (Lipinski definition) is 2. The maximum atomic E-state index is 12.4. The normalized spacial score (nSPS) is 20.2. The molecule has 2 aromatic rings. The smallest absolute Gasteiger partial charge is 0.240 e. The van der Waals surface area contributed by atoms with Crippen LogP contribution in [-0.2, 0) is 14.8 Å². The average molecular weight is 448 g/mol. The lowest BCUT2D eigenvalue weighted by Crippen LogP contribution is -2.26. The standard InChI is InChI=1S/C20H29N7O3S/c1-14(28)26-11-10-16(13-26)27-24-20(23-25-27)18-12-17(31(29,30)21-2)8-9-19(18)22-15-6-4-3-5-7-15/h8-9,12,15-16,21-22H,3-7,10-11,13H2,1-2H3. The van der Waals surface area contributed by atoms with Crippen molar-refractivity contribution in [3.8, 4) is 11.4 Å². The van der Waals surface area contributed by atoms with Crippen molar-refractivity contribution in [1.82, 2.24) is 29.8 Å². The zero-order valence-corrected chi connectivity index (χ0v) is 18.7. The van der Waals surface area contributed by atoms with Crippen LogP contribution < -0.4 is 10.0 Å². The Morgan fingerprint density at radius 2 is 1.94 bits per heavy atom. The summed E-state index contributed by atoms with van der Waals surface area (Å²) in [6.07, 6.45) is 6.54. The van der Waals surface area contributed by atoms with Crippen LogP contribution in [0.5, 0.6) is 0 Å². The molecule has 2 heterocycles. The maximum absolute atomic E-state index is 12.4. The molecule has 1 amide bonds. The van der Waals surface area contributed by atoms with Crippen LogP contribution in [0, 0.1) is 0 Å². The highest BCUT2D eigenvalue weighted by Crippen LogP contribution is 2.31. The molecule has 1 saturated heterocycles. The van der Waals surface area contributed by atoms with Gasteiger partial charge in [-0.15, -0.1) is 10.2 Å². The van der Waals surface area contributed by atoms with Crippen LogP contribution in [0.25, 0.3) is 11.4 Å². The predicted molar refractivity (Wildman–Crippen MR) is 116 cm³/mol. The van der Waals surface area contributed by atoms with Gasteiger partial charge in [-0.2, -0.15) is 4.80 Å². The van der Waals surface area contributed by atoms with E-state index in [1.807, 2.05) is 0 Å². The molecule has 2 aliphatic rings. The third-order valence-electron chi connectivity index (χ3n) is 6.14. The third-order valence-corrected chi connectivity index (χ3v) is 7.55. The fourth-order valence-electron chi connectivity index (χ4n) is 4.29. The first-order valence-electron chi connectivity index (χ1n) is 10.8. The molecule has 1 atom stereocenters. The van der Waals surface area contributed by atoms with Crippen LogP contribution >= 0.6 is 0 Å². The highest BCUT2D eigenvalue weighted by molar-refractivity contribution is 7.89. The lowest BCUT2D eigenvalue weighted by atomic mass is 9.95. The zero-order valence-electron chi connectivity index (χ0n) is 17.9. The Bertz CT molecular complexity index is 1050. The van der Waals surface area contributed by atoms with E-state index in [1.165, 1.54) is 26.3 Å². The van der Waals surface area contributed by atoms with Gasteiger partial charge in [0.25, 0.3) is 0 Å². The molecule has 2 N–H and O–H groups in total. The van der Waals surface area contributed by atoms with Gasteiger partial charge < -0.3 is 10.2 Å². The molecule has 1 aromatic carbocycles. The summed E-state index contributed by atoms with van der Waals surface area (Å²) in [5.74, 6) is 0.402. The van der Waals surface area contributed by atoms with Crippen molar-refractivity contribution < 1.29 is 13.2 Å². The maximum Gasteiger partial charge on any atom is 0.240 e. The molecule has 10 nitrogen and oxygen atoms in total. The largest absolute Gasteiger partial charge is 0.382 e. The lowest BCUT2D eigenvalue weighted by Gasteiger charge is -2.25. The fourth-order valence-corrected chi connectivity index (χ4v) is 5.05. The van der Waals surface area contributed by atoms with E-state index >= 15 is 0 Å². The van der Waals surface area contributed by atoms with Gasteiger partial charge in [-0.25, -0.2) is 13.1 Å². The Labute approximate surface area is 182 Å². The number of benzene rings is 1. The molecular weight excluding hydrogens is 418 g/mol. The van der Waals surface area contributed by atoms with Crippen molar-refractivity contribution in [3.05, 3.63) is 18.2 Å². The van der Waals surface area contributed by atoms with Gasteiger partial charge in [0.1, 0.15) is 0 Å². The highest BCUT2D eigenvalue weighted by atomic mass is 32.2. The Hall–Kier alpha value is -2.53. The zero-order chi connectivity index (χ0) is 22.0. The highest BCUT2D eigenvalue weighted by Gasteiger charge is 2.28. The Morgan fingerprint density at radius 1 is 1.16 bits per heavy atom. The van der Waals surface area contributed by atoms with E-state index in [2.05, 4.69) is 25.4 Å². The first-order valence-corrected chi connectivity index (χ1v) is 12.3. The average Bonchev–Trinajstić information content (AvgIpc) is 3.44. The second-order valence-electron chi connectivity index (χ2n) is 8.24. The Morgan fingerprint density at radius 3 is 2.61 bits per heavy atom. The van der Waals surface area contributed by atoms with Crippen molar-refractivity contribution in [1.29, 1.82) is 0 Å². The molecule has 1 aliphatic carbocycles. The van der Waals surface area contributed by atoms with Gasteiger partial charge in [0.05, 0.1) is 10.9 Å². The Kier molecular flexibility index (Phi) is 6.24. The Balaban J connectivity index is 1.65. The number of nitrogens with one attached hydrogen (secondary N) is 2. The third kappa shape index (κ3) is 4.72. The van der Waals surface area contributed by atoms with Gasteiger partial charge in [-0.05, 0) is 49.7 Å². The predicted octanol–water partition coefficient (Wildman–Crippen LogP) is 1.79. The molecule has 0 radical (unpaired) electrons. The van der Waals surface area contributed by atoms with E-state index < -0.39 is 10.0 Å². The van der Waals surface area contributed by atoms with E-state index in [0.29, 0.717) is 30.5 Å². The van der Waals surface area contributed by atoms with E-state index in [0.717, 1.165) is 24.9 Å². The quantitative estimate of drug-likeness (QED) is 0.692. The number of carbonyl (C=O) groups excluding carboxylic acids is 1. The lowest BCUT2D eigenvalue weighted by molar-refractivity contribution is -0.127. The number of hydrogen-bond acceptors (Lipinski definition) is 7. The van der Waals surface area contributed by atoms with Gasteiger partial charge >= 0.3 is 0 Å². The van der Waals surface area contributed by atoms with Crippen molar-refractivity contribution in [2.24, 2.45) is 0 Å². The molecule has 1 unspecified atom stereocenters. The first-order chi connectivity index (χ1) is 14.9. The summed E-state index contributed by atoms with van der Waals surface area (Å²) in [6, 6.07) is 5.26. The summed E-state index contributed by atoms with van der Waals surface area (Å²) in [4.78, 5) is 15.1. The molecule has 1 aliphatic heterocycles. The molecule has 1 saturated carbocycles. The van der Waals surface area contributed by atoms with Crippen molar-refractivity contribution in [2.45, 2.75) is 62.4 Å². The SMILES string of the molecule is CNS(=O)(=O)c1ccc(NC2CCCCC2)c(-c2nnn(C3CCN(C(C)=O)C3)n2)c1. The topological polar surface area (TPSA) is 122 Å². The van der Waals surface area contributed by atoms with E-state index in [-0.39, 0.29) is 16.8 Å². The van der Waals surface area contributed by atoms with Crippen LogP contribution in [0.1, 0.15) is 51.5 Å². The number of anilines is 1. The summed E-state index contributed by atoms with van der Waals surface area (Å²) < 4.78 is 27.1. The molecule has 0 bridgehead atoms. The van der Waals surface area contributed by atoms with Crippen LogP contribution in [0.4, 0.5) is 5.69 Å². The van der Waals surface area contributed by atoms with Crippen LogP contribution in [0.15, 0.2) is 23.1 Å². The molecular formula is C20H29N7O3S. The molecule has 0 spiro atoms. The second-order valence-corrected chi connectivity index (χ2v) is 10.1. The van der Waals surface area contributed by atoms with E-state index in [9.17, 15) is 13.2 Å². The molecule has 4 rings (SSSR count). The summed E-state index contributed by atoms with van der Waals surface area (Å²) in [5.41, 5.74) is 1.41. The number of carbonyl (C=O) groups is 1. The minimum absolute atomic E-state index is 0.0341. The first kappa shape index (κ1) is 21.7. The molecule has 168 valence electrons. The van der Waals surface area contributed by atoms with Gasteiger partial charge in [-0.3, -0.25) is 4.79 Å². The van der Waals surface area contributed by atoms with Crippen LogP contribution in [0.2, 0.25) is 0 Å². The summed E-state index contributed by atoms with van der Waals surface area (Å²) >= 11 is 0. The number of amides is 1. The fraction of sp³-hybridized carbons (Fsp3) is 0.600. The summed E-state index contributed by atoms with van der Waals surface area (Å²) in [6.45, 7) is 2.77. The summed E-state index contributed by atoms with van der Waals surface area (Å²) in [5, 5.41) is 16.6. The number of tetrazole rings is 1. The van der Waals surface area contributed by atoms with Crippen molar-refractivity contribution >= 4 is 21.6 Å². The number of likely N-dealkylation sites (tertiary alicyclic amines) is 1. The van der Waals surface area contributed by atoms with Crippen molar-refractivity contribution in [3.63, 3.8) is 0 Å².